The fraction of sp³-hybridized carbons (Fsp3) is 0.300. The second-order valence-corrected chi connectivity index (χ2v) is 3.89. The standard InChI is InChI=1S/C10H12BrNO2/c1-7-2-3-8(11)6-9(7)14-5-4-10(12)13/h2-3,6H,4-5H2,1H3,(H2,12,13). The number of nitrogens with two attached hydrogens (primary N) is 1. The average Bonchev–Trinajstić information content (AvgIpc) is 2.10. The van der Waals surface area contributed by atoms with E-state index < -0.39 is 0 Å². The summed E-state index contributed by atoms with van der Waals surface area (Å²) in [6.07, 6.45) is 0.242. The molecule has 0 spiro atoms. The third kappa shape index (κ3) is 3.38. The Morgan fingerprint density at radius 1 is 1.57 bits per heavy atom. The lowest BCUT2D eigenvalue weighted by atomic mass is 10.2. The van der Waals surface area contributed by atoms with Gasteiger partial charge in [-0.05, 0) is 24.6 Å². The molecule has 1 amide bonds. The van der Waals surface area contributed by atoms with Crippen molar-refractivity contribution < 1.29 is 9.53 Å². The maximum Gasteiger partial charge on any atom is 0.220 e. The molecular weight excluding hydrogens is 246 g/mol. The second-order valence-electron chi connectivity index (χ2n) is 2.97. The van der Waals surface area contributed by atoms with Crippen LogP contribution in [0.15, 0.2) is 22.7 Å². The predicted molar refractivity (Wildman–Crippen MR) is 58.2 cm³/mol. The molecule has 3 nitrogen and oxygen atoms in total. The topological polar surface area (TPSA) is 52.3 Å². The first-order valence-electron chi connectivity index (χ1n) is 4.27. The minimum Gasteiger partial charge on any atom is -0.493 e. The third-order valence-electron chi connectivity index (χ3n) is 1.76. The van der Waals surface area contributed by atoms with Gasteiger partial charge in [-0.1, -0.05) is 22.0 Å². The summed E-state index contributed by atoms with van der Waals surface area (Å²) < 4.78 is 6.35. The van der Waals surface area contributed by atoms with Crippen LogP contribution in [0.3, 0.4) is 0 Å². The van der Waals surface area contributed by atoms with Gasteiger partial charge in [-0.25, -0.2) is 0 Å². The molecule has 0 bridgehead atoms. The van der Waals surface area contributed by atoms with E-state index in [0.717, 1.165) is 15.8 Å². The number of rotatable bonds is 4. The number of amides is 1. The zero-order valence-corrected chi connectivity index (χ0v) is 9.50. The van der Waals surface area contributed by atoms with Gasteiger partial charge in [0.15, 0.2) is 0 Å². The first kappa shape index (κ1) is 11.0. The fourth-order valence-corrected chi connectivity index (χ4v) is 1.33. The largest absolute Gasteiger partial charge is 0.493 e. The Balaban J connectivity index is 2.57. The minimum atomic E-state index is -0.349. The van der Waals surface area contributed by atoms with Gasteiger partial charge in [0.1, 0.15) is 5.75 Å². The number of benzene rings is 1. The van der Waals surface area contributed by atoms with Crippen molar-refractivity contribution in [3.63, 3.8) is 0 Å². The van der Waals surface area contributed by atoms with E-state index >= 15 is 0 Å². The van der Waals surface area contributed by atoms with Crippen molar-refractivity contribution in [1.82, 2.24) is 0 Å². The first-order valence-corrected chi connectivity index (χ1v) is 5.06. The minimum absolute atomic E-state index is 0.242. The summed E-state index contributed by atoms with van der Waals surface area (Å²) in [7, 11) is 0. The number of hydrogen-bond donors (Lipinski definition) is 1. The summed E-state index contributed by atoms with van der Waals surface area (Å²) in [5, 5.41) is 0. The summed E-state index contributed by atoms with van der Waals surface area (Å²) in [4.78, 5) is 10.5. The average molecular weight is 258 g/mol. The number of hydrogen-bond acceptors (Lipinski definition) is 2. The SMILES string of the molecule is Cc1ccc(Br)cc1OCCC(N)=O. The van der Waals surface area contributed by atoms with Gasteiger partial charge in [0, 0.05) is 4.47 Å². The highest BCUT2D eigenvalue weighted by molar-refractivity contribution is 9.10. The van der Waals surface area contributed by atoms with E-state index in [1.165, 1.54) is 0 Å². The Morgan fingerprint density at radius 3 is 2.93 bits per heavy atom. The van der Waals surface area contributed by atoms with E-state index in [9.17, 15) is 4.79 Å². The van der Waals surface area contributed by atoms with Gasteiger partial charge < -0.3 is 10.5 Å². The molecule has 0 aromatic heterocycles. The fourth-order valence-electron chi connectivity index (χ4n) is 0.991. The van der Waals surface area contributed by atoms with Crippen LogP contribution in [0.5, 0.6) is 5.75 Å². The summed E-state index contributed by atoms with van der Waals surface area (Å²) in [6, 6.07) is 5.76. The Hall–Kier alpha value is -1.03. The van der Waals surface area contributed by atoms with Crippen LogP contribution in [0.25, 0.3) is 0 Å². The van der Waals surface area contributed by atoms with Gasteiger partial charge in [0.05, 0.1) is 13.0 Å². The molecule has 14 heavy (non-hydrogen) atoms. The predicted octanol–water partition coefficient (Wildman–Crippen LogP) is 2.01. The van der Waals surface area contributed by atoms with E-state index in [2.05, 4.69) is 15.9 Å². The first-order chi connectivity index (χ1) is 6.59. The number of aryl methyl sites for hydroxylation is 1. The molecule has 0 saturated carbocycles. The van der Waals surface area contributed by atoms with Gasteiger partial charge in [0.25, 0.3) is 0 Å². The number of carbonyl (C=O) groups excluding carboxylic acids is 1. The van der Waals surface area contributed by atoms with Crippen LogP contribution in [0.1, 0.15) is 12.0 Å². The Kier molecular flexibility index (Phi) is 3.95. The lowest BCUT2D eigenvalue weighted by molar-refractivity contribution is -0.118. The molecule has 0 heterocycles. The van der Waals surface area contributed by atoms with Gasteiger partial charge in [-0.15, -0.1) is 0 Å². The van der Waals surface area contributed by atoms with E-state index in [-0.39, 0.29) is 12.3 Å². The van der Waals surface area contributed by atoms with Crippen molar-refractivity contribution in [3.05, 3.63) is 28.2 Å². The molecule has 0 aliphatic carbocycles. The molecule has 0 radical (unpaired) electrons. The highest BCUT2D eigenvalue weighted by Crippen LogP contribution is 2.22. The number of halogens is 1. The molecule has 1 aromatic rings. The van der Waals surface area contributed by atoms with E-state index in [1.54, 1.807) is 0 Å². The maximum absolute atomic E-state index is 10.5. The van der Waals surface area contributed by atoms with E-state index in [0.29, 0.717) is 6.61 Å². The zero-order chi connectivity index (χ0) is 10.6. The normalized spacial score (nSPS) is 9.86. The monoisotopic (exact) mass is 257 g/mol. The molecule has 0 aliphatic rings. The molecule has 2 N–H and O–H groups in total. The van der Waals surface area contributed by atoms with Crippen LogP contribution in [0.4, 0.5) is 0 Å². The summed E-state index contributed by atoms with van der Waals surface area (Å²) in [5.74, 6) is 0.429. The van der Waals surface area contributed by atoms with Crippen molar-refractivity contribution in [2.24, 2.45) is 5.73 Å². The quantitative estimate of drug-likeness (QED) is 0.898. The molecular formula is C10H12BrNO2. The van der Waals surface area contributed by atoms with Crippen LogP contribution in [-0.4, -0.2) is 12.5 Å². The van der Waals surface area contributed by atoms with Crippen molar-refractivity contribution >= 4 is 21.8 Å². The second kappa shape index (κ2) is 5.00. The Labute approximate surface area is 91.4 Å². The molecule has 76 valence electrons. The van der Waals surface area contributed by atoms with Crippen LogP contribution in [-0.2, 0) is 4.79 Å². The zero-order valence-electron chi connectivity index (χ0n) is 7.92. The van der Waals surface area contributed by atoms with Crippen LogP contribution >= 0.6 is 15.9 Å². The van der Waals surface area contributed by atoms with E-state index in [4.69, 9.17) is 10.5 Å². The summed E-state index contributed by atoms with van der Waals surface area (Å²) in [5.41, 5.74) is 6.04. The highest BCUT2D eigenvalue weighted by Gasteiger charge is 2.01. The maximum atomic E-state index is 10.5. The van der Waals surface area contributed by atoms with Crippen molar-refractivity contribution in [1.29, 1.82) is 0 Å². The lowest BCUT2D eigenvalue weighted by Gasteiger charge is -2.08. The molecule has 0 saturated heterocycles. The molecule has 0 fully saturated rings. The Morgan fingerprint density at radius 2 is 2.29 bits per heavy atom. The van der Waals surface area contributed by atoms with Crippen molar-refractivity contribution in [2.45, 2.75) is 13.3 Å². The van der Waals surface area contributed by atoms with Crippen LogP contribution < -0.4 is 10.5 Å². The lowest BCUT2D eigenvalue weighted by Crippen LogP contribution is -2.14. The van der Waals surface area contributed by atoms with E-state index in [1.807, 2.05) is 25.1 Å². The number of primary amides is 1. The molecule has 0 unspecified atom stereocenters. The molecule has 1 rings (SSSR count). The molecule has 4 heteroatoms. The molecule has 1 aromatic carbocycles. The summed E-state index contributed by atoms with van der Waals surface area (Å²) >= 11 is 3.35. The molecule has 0 aliphatic heterocycles. The number of ether oxygens (including phenoxy) is 1. The van der Waals surface area contributed by atoms with Crippen LogP contribution in [0, 0.1) is 6.92 Å². The molecule has 0 atom stereocenters. The highest BCUT2D eigenvalue weighted by atomic mass is 79.9. The van der Waals surface area contributed by atoms with Crippen molar-refractivity contribution in [3.8, 4) is 5.75 Å². The number of carbonyl (C=O) groups is 1. The van der Waals surface area contributed by atoms with Gasteiger partial charge in [0.2, 0.25) is 5.91 Å². The Bertz CT molecular complexity index is 339. The van der Waals surface area contributed by atoms with Crippen molar-refractivity contribution in [2.75, 3.05) is 6.61 Å². The third-order valence-corrected chi connectivity index (χ3v) is 2.25. The van der Waals surface area contributed by atoms with Crippen LogP contribution in [0.2, 0.25) is 0 Å². The summed E-state index contributed by atoms with van der Waals surface area (Å²) in [6.45, 7) is 2.28. The van der Waals surface area contributed by atoms with Gasteiger partial charge >= 0.3 is 0 Å². The van der Waals surface area contributed by atoms with Gasteiger partial charge in [-0.2, -0.15) is 0 Å². The van der Waals surface area contributed by atoms with Gasteiger partial charge in [-0.3, -0.25) is 4.79 Å². The smallest absolute Gasteiger partial charge is 0.220 e.